The van der Waals surface area contributed by atoms with Gasteiger partial charge in [0, 0.05) is 24.1 Å². The molecule has 0 bridgehead atoms. The van der Waals surface area contributed by atoms with Crippen LogP contribution in [0.5, 0.6) is 0 Å². The predicted octanol–water partition coefficient (Wildman–Crippen LogP) is -0.853. The van der Waals surface area contributed by atoms with Gasteiger partial charge in [0.1, 0.15) is 5.92 Å². The van der Waals surface area contributed by atoms with Crippen molar-refractivity contribution in [1.29, 1.82) is 0 Å². The van der Waals surface area contributed by atoms with Gasteiger partial charge in [-0.1, -0.05) is 30.3 Å². The maximum atomic E-state index is 11.8. The third kappa shape index (κ3) is 5.14. The fourth-order valence-corrected chi connectivity index (χ4v) is 1.79. The van der Waals surface area contributed by atoms with Crippen molar-refractivity contribution < 1.29 is 29.2 Å². The number of primary amides is 2. The molecule has 1 fully saturated rings. The Bertz CT molecular complexity index is 682. The van der Waals surface area contributed by atoms with Gasteiger partial charge in [-0.05, 0) is 0 Å². The Hall–Kier alpha value is -3.33. The Labute approximate surface area is 136 Å². The largest absolute Gasteiger partial charge is 0.366 e. The van der Waals surface area contributed by atoms with Crippen LogP contribution < -0.4 is 11.5 Å². The monoisotopic (exact) mass is 333 g/mol. The average molecular weight is 333 g/mol. The van der Waals surface area contributed by atoms with Crippen LogP contribution in [0, 0.1) is 5.92 Å². The van der Waals surface area contributed by atoms with E-state index in [0.717, 1.165) is 12.2 Å². The smallest absolute Gasteiger partial charge is 0.264 e. The number of imide groups is 1. The number of amides is 4. The highest BCUT2D eigenvalue weighted by atomic mass is 16.5. The van der Waals surface area contributed by atoms with E-state index in [4.69, 9.17) is 5.21 Å². The first-order valence-corrected chi connectivity index (χ1v) is 6.66. The van der Waals surface area contributed by atoms with Gasteiger partial charge in [0.2, 0.25) is 11.8 Å². The van der Waals surface area contributed by atoms with E-state index in [1.54, 1.807) is 30.3 Å². The van der Waals surface area contributed by atoms with Gasteiger partial charge in [-0.3, -0.25) is 29.2 Å². The van der Waals surface area contributed by atoms with Crippen LogP contribution >= 0.6 is 0 Å². The Balaban J connectivity index is 0.000000307. The SMILES string of the molecule is NC(=O)/C=C\C(N)=O.O=C(c1ccccc1)C1CC(=O)N(O)C1=O. The van der Waals surface area contributed by atoms with Crippen LogP contribution in [0.2, 0.25) is 0 Å². The summed E-state index contributed by atoms with van der Waals surface area (Å²) in [6.07, 6.45) is 1.55. The number of Topliss-reactive ketones (excluding diaryl/α,β-unsaturated/α-hetero) is 1. The molecule has 1 heterocycles. The molecule has 0 radical (unpaired) electrons. The zero-order chi connectivity index (χ0) is 18.3. The average Bonchev–Trinajstić information content (AvgIpc) is 2.81. The lowest BCUT2D eigenvalue weighted by Gasteiger charge is -2.06. The summed E-state index contributed by atoms with van der Waals surface area (Å²) in [6, 6.07) is 8.23. The van der Waals surface area contributed by atoms with Crippen molar-refractivity contribution in [3.8, 4) is 0 Å². The van der Waals surface area contributed by atoms with Crippen molar-refractivity contribution in [2.75, 3.05) is 0 Å². The lowest BCUT2D eigenvalue weighted by atomic mass is 9.96. The zero-order valence-corrected chi connectivity index (χ0v) is 12.4. The van der Waals surface area contributed by atoms with Gasteiger partial charge in [-0.2, -0.15) is 5.06 Å². The highest BCUT2D eigenvalue weighted by molar-refractivity contribution is 6.17. The topological polar surface area (TPSA) is 161 Å². The minimum absolute atomic E-state index is 0.0194. The number of nitrogens with two attached hydrogens (primary N) is 2. The van der Waals surface area contributed by atoms with Crippen molar-refractivity contribution in [2.24, 2.45) is 17.4 Å². The molecule has 0 spiro atoms. The molecule has 1 aliphatic rings. The highest BCUT2D eigenvalue weighted by Crippen LogP contribution is 2.21. The molecule has 126 valence electrons. The van der Waals surface area contributed by atoms with Crippen molar-refractivity contribution in [1.82, 2.24) is 5.06 Å². The zero-order valence-electron chi connectivity index (χ0n) is 12.4. The molecule has 1 aromatic rings. The van der Waals surface area contributed by atoms with Crippen molar-refractivity contribution in [3.63, 3.8) is 0 Å². The van der Waals surface area contributed by atoms with Gasteiger partial charge in [0.25, 0.3) is 11.8 Å². The fraction of sp³-hybridized carbons (Fsp3) is 0.133. The summed E-state index contributed by atoms with van der Waals surface area (Å²) in [4.78, 5) is 53.9. The number of hydrogen-bond donors (Lipinski definition) is 3. The molecule has 1 aromatic carbocycles. The van der Waals surface area contributed by atoms with Crippen LogP contribution in [0.25, 0.3) is 0 Å². The lowest BCUT2D eigenvalue weighted by Crippen LogP contribution is -2.29. The number of hydrogen-bond acceptors (Lipinski definition) is 6. The molecule has 0 aromatic heterocycles. The van der Waals surface area contributed by atoms with E-state index in [1.807, 2.05) is 0 Å². The number of benzene rings is 1. The second-order valence-electron chi connectivity index (χ2n) is 4.67. The molecule has 9 heteroatoms. The second kappa shape index (κ2) is 8.34. The van der Waals surface area contributed by atoms with Gasteiger partial charge in [-0.15, -0.1) is 0 Å². The first-order chi connectivity index (χ1) is 11.2. The molecule has 2 rings (SSSR count). The molecule has 0 aliphatic carbocycles. The number of carbonyl (C=O) groups is 5. The quantitative estimate of drug-likeness (QED) is 0.214. The van der Waals surface area contributed by atoms with Crippen molar-refractivity contribution >= 4 is 29.4 Å². The van der Waals surface area contributed by atoms with Gasteiger partial charge in [0.15, 0.2) is 5.78 Å². The van der Waals surface area contributed by atoms with Crippen LogP contribution in [-0.2, 0) is 19.2 Å². The van der Waals surface area contributed by atoms with Gasteiger partial charge < -0.3 is 11.5 Å². The Kier molecular flexibility index (Phi) is 6.51. The summed E-state index contributed by atoms with van der Waals surface area (Å²) >= 11 is 0. The number of ketones is 1. The van der Waals surface area contributed by atoms with Crippen LogP contribution in [0.3, 0.4) is 0 Å². The summed E-state index contributed by atoms with van der Waals surface area (Å²) in [5.41, 5.74) is 9.58. The van der Waals surface area contributed by atoms with E-state index in [9.17, 15) is 24.0 Å². The summed E-state index contributed by atoms with van der Waals surface area (Å²) in [5.74, 6) is -4.46. The number of carbonyl (C=O) groups excluding carboxylic acids is 5. The van der Waals surface area contributed by atoms with E-state index in [1.165, 1.54) is 0 Å². The Morgan fingerprint density at radius 1 is 1.04 bits per heavy atom. The molecule has 1 atom stereocenters. The first kappa shape index (κ1) is 18.7. The van der Waals surface area contributed by atoms with Crippen LogP contribution in [0.4, 0.5) is 0 Å². The van der Waals surface area contributed by atoms with Gasteiger partial charge >= 0.3 is 0 Å². The van der Waals surface area contributed by atoms with Crippen LogP contribution in [-0.4, -0.2) is 39.7 Å². The van der Waals surface area contributed by atoms with E-state index >= 15 is 0 Å². The van der Waals surface area contributed by atoms with Crippen molar-refractivity contribution in [3.05, 3.63) is 48.0 Å². The number of nitrogens with zero attached hydrogens (tertiary/aromatic N) is 1. The number of hydroxylamine groups is 2. The third-order valence-electron chi connectivity index (χ3n) is 2.91. The maximum absolute atomic E-state index is 11.8. The summed E-state index contributed by atoms with van der Waals surface area (Å²) < 4.78 is 0. The van der Waals surface area contributed by atoms with E-state index < -0.39 is 35.3 Å². The lowest BCUT2D eigenvalue weighted by molar-refractivity contribution is -0.171. The predicted molar refractivity (Wildman–Crippen MR) is 80.0 cm³/mol. The second-order valence-corrected chi connectivity index (χ2v) is 4.67. The molecule has 0 saturated carbocycles. The summed E-state index contributed by atoms with van der Waals surface area (Å²) in [5, 5.41) is 9.03. The molecule has 9 nitrogen and oxygen atoms in total. The van der Waals surface area contributed by atoms with E-state index in [0.29, 0.717) is 5.56 Å². The van der Waals surface area contributed by atoms with Crippen LogP contribution in [0.1, 0.15) is 16.8 Å². The molecular weight excluding hydrogens is 318 g/mol. The Morgan fingerprint density at radius 3 is 1.92 bits per heavy atom. The minimum Gasteiger partial charge on any atom is -0.366 e. The first-order valence-electron chi connectivity index (χ1n) is 6.66. The minimum atomic E-state index is -1.08. The molecule has 4 amide bonds. The normalized spacial score (nSPS) is 16.7. The summed E-state index contributed by atoms with van der Waals surface area (Å²) in [7, 11) is 0. The van der Waals surface area contributed by atoms with E-state index in [2.05, 4.69) is 11.5 Å². The van der Waals surface area contributed by atoms with Crippen LogP contribution in [0.15, 0.2) is 42.5 Å². The standard InChI is InChI=1S/C11H9NO4.C4H6N2O2/c13-9-6-8(11(15)12(9)16)10(14)7-4-2-1-3-5-7;5-3(7)1-2-4(6)8/h1-5,8,16H,6H2;1-2H,(H2,5,7)(H2,6,8)/b;2-1-. The molecular formula is C15H15N3O6. The van der Waals surface area contributed by atoms with Crippen molar-refractivity contribution in [2.45, 2.75) is 6.42 Å². The molecule has 1 aliphatic heterocycles. The molecule has 1 saturated heterocycles. The van der Waals surface area contributed by atoms with E-state index in [-0.39, 0.29) is 11.5 Å². The van der Waals surface area contributed by atoms with Gasteiger partial charge in [0.05, 0.1) is 0 Å². The molecule has 1 unspecified atom stereocenters. The molecule has 5 N–H and O–H groups in total. The molecule has 24 heavy (non-hydrogen) atoms. The third-order valence-corrected chi connectivity index (χ3v) is 2.91. The highest BCUT2D eigenvalue weighted by Gasteiger charge is 2.42. The summed E-state index contributed by atoms with van der Waals surface area (Å²) in [6.45, 7) is 0. The number of rotatable bonds is 4. The van der Waals surface area contributed by atoms with Gasteiger partial charge in [-0.25, -0.2) is 0 Å². The Morgan fingerprint density at radius 2 is 1.54 bits per heavy atom. The fourth-order valence-electron chi connectivity index (χ4n) is 1.79. The maximum Gasteiger partial charge on any atom is 0.264 e.